The quantitative estimate of drug-likeness (QED) is 0.903. The van der Waals surface area contributed by atoms with Gasteiger partial charge in [-0.25, -0.2) is 0 Å². The molecule has 1 aliphatic heterocycles. The van der Waals surface area contributed by atoms with Gasteiger partial charge in [-0.1, -0.05) is 42.5 Å². The molecule has 0 aromatic heterocycles. The van der Waals surface area contributed by atoms with Crippen molar-refractivity contribution in [2.24, 2.45) is 5.73 Å². The third-order valence-electron chi connectivity index (χ3n) is 4.87. The summed E-state index contributed by atoms with van der Waals surface area (Å²) in [6.07, 6.45) is 5.21. The lowest BCUT2D eigenvalue weighted by atomic mass is 10.0. The van der Waals surface area contributed by atoms with Gasteiger partial charge >= 0.3 is 0 Å². The van der Waals surface area contributed by atoms with Crippen molar-refractivity contribution < 1.29 is 4.79 Å². The molecule has 2 aromatic carbocycles. The lowest BCUT2D eigenvalue weighted by Crippen LogP contribution is -2.35. The third-order valence-corrected chi connectivity index (χ3v) is 4.87. The molecule has 0 saturated heterocycles. The minimum Gasteiger partial charge on any atom is -0.326 e. The van der Waals surface area contributed by atoms with Crippen LogP contribution in [0.5, 0.6) is 0 Å². The minimum atomic E-state index is 0.0511. The zero-order chi connectivity index (χ0) is 18.5. The molecule has 3 rings (SSSR count). The second kappa shape index (κ2) is 8.30. The Hall–Kier alpha value is -2.43. The fraction of sp³-hybridized carbons (Fsp3) is 0.318. The largest absolute Gasteiger partial charge is 0.326 e. The number of fused-ring (bicyclic) bond motifs is 1. The van der Waals surface area contributed by atoms with Gasteiger partial charge in [-0.3, -0.25) is 4.79 Å². The average Bonchev–Trinajstić information content (AvgIpc) is 2.65. The highest BCUT2D eigenvalue weighted by Crippen LogP contribution is 2.26. The molecule has 0 bridgehead atoms. The van der Waals surface area contributed by atoms with Gasteiger partial charge < -0.3 is 15.5 Å². The maximum Gasteiger partial charge on any atom is 0.258 e. The van der Waals surface area contributed by atoms with Gasteiger partial charge in [0.05, 0.1) is 5.69 Å². The van der Waals surface area contributed by atoms with Crippen molar-refractivity contribution >= 4 is 17.7 Å². The molecule has 2 N–H and O–H groups in total. The van der Waals surface area contributed by atoms with Crippen LogP contribution in [0.3, 0.4) is 0 Å². The zero-order valence-corrected chi connectivity index (χ0v) is 15.6. The Balaban J connectivity index is 2.01. The number of anilines is 1. The van der Waals surface area contributed by atoms with Gasteiger partial charge in [-0.05, 0) is 55.8 Å². The summed E-state index contributed by atoms with van der Waals surface area (Å²) in [7, 11) is 2.11. The summed E-state index contributed by atoms with van der Waals surface area (Å²) in [5.41, 5.74) is 10.5. The van der Waals surface area contributed by atoms with Crippen LogP contribution >= 0.6 is 0 Å². The molecule has 1 amide bonds. The molecule has 0 atom stereocenters. The third kappa shape index (κ3) is 4.03. The van der Waals surface area contributed by atoms with Crippen LogP contribution in [-0.2, 0) is 6.54 Å². The van der Waals surface area contributed by atoms with Crippen LogP contribution in [-0.4, -0.2) is 37.5 Å². The molecule has 4 heteroatoms. The fourth-order valence-electron chi connectivity index (χ4n) is 3.39. The highest BCUT2D eigenvalue weighted by molar-refractivity contribution is 6.08. The molecule has 0 radical (unpaired) electrons. The summed E-state index contributed by atoms with van der Waals surface area (Å²) >= 11 is 0. The normalized spacial score (nSPS) is 15.6. The molecule has 136 valence electrons. The van der Waals surface area contributed by atoms with Crippen LogP contribution in [0.15, 0.2) is 48.5 Å². The van der Waals surface area contributed by atoms with Crippen molar-refractivity contribution in [1.82, 2.24) is 4.90 Å². The van der Waals surface area contributed by atoms with Gasteiger partial charge in [0, 0.05) is 25.2 Å². The van der Waals surface area contributed by atoms with E-state index in [2.05, 4.69) is 30.2 Å². The van der Waals surface area contributed by atoms with Crippen molar-refractivity contribution in [2.75, 3.05) is 31.6 Å². The Morgan fingerprint density at radius 1 is 1.15 bits per heavy atom. The van der Waals surface area contributed by atoms with Gasteiger partial charge in [0.2, 0.25) is 0 Å². The smallest absolute Gasteiger partial charge is 0.258 e. The summed E-state index contributed by atoms with van der Waals surface area (Å²) in [5.74, 6) is 0.0511. The molecule has 4 nitrogen and oxygen atoms in total. The number of rotatable bonds is 2. The SMILES string of the molecule is Cc1cc(CN)ccc1C(=O)N1CCCN(C)CC=Cc2ccccc21. The number of benzene rings is 2. The minimum absolute atomic E-state index is 0.0511. The van der Waals surface area contributed by atoms with Gasteiger partial charge in [-0.2, -0.15) is 0 Å². The van der Waals surface area contributed by atoms with E-state index < -0.39 is 0 Å². The fourth-order valence-corrected chi connectivity index (χ4v) is 3.39. The van der Waals surface area contributed by atoms with E-state index in [1.165, 1.54) is 0 Å². The first kappa shape index (κ1) is 18.4. The number of carbonyl (C=O) groups excluding carboxylic acids is 1. The summed E-state index contributed by atoms with van der Waals surface area (Å²) in [6.45, 7) is 5.04. The van der Waals surface area contributed by atoms with E-state index >= 15 is 0 Å². The summed E-state index contributed by atoms with van der Waals surface area (Å²) < 4.78 is 0. The van der Waals surface area contributed by atoms with Gasteiger partial charge in [0.15, 0.2) is 0 Å². The van der Waals surface area contributed by atoms with Gasteiger partial charge in [0.1, 0.15) is 0 Å². The molecule has 1 aliphatic rings. The summed E-state index contributed by atoms with van der Waals surface area (Å²) in [4.78, 5) is 17.6. The molecule has 2 aromatic rings. The van der Waals surface area contributed by atoms with E-state index in [0.29, 0.717) is 13.1 Å². The molecule has 0 saturated carbocycles. The van der Waals surface area contributed by atoms with E-state index in [-0.39, 0.29) is 5.91 Å². The van der Waals surface area contributed by atoms with Gasteiger partial charge in [-0.15, -0.1) is 0 Å². The van der Waals surface area contributed by atoms with Crippen LogP contribution in [0.4, 0.5) is 5.69 Å². The maximum absolute atomic E-state index is 13.4. The predicted molar refractivity (Wildman–Crippen MR) is 108 cm³/mol. The number of hydrogen-bond acceptors (Lipinski definition) is 3. The first-order valence-corrected chi connectivity index (χ1v) is 9.15. The van der Waals surface area contributed by atoms with Crippen LogP contribution in [0, 0.1) is 6.92 Å². The lowest BCUT2D eigenvalue weighted by Gasteiger charge is -2.27. The number of carbonyl (C=O) groups is 1. The van der Waals surface area contributed by atoms with Crippen molar-refractivity contribution in [3.05, 3.63) is 70.8 Å². The second-order valence-corrected chi connectivity index (χ2v) is 6.89. The maximum atomic E-state index is 13.4. The Kier molecular flexibility index (Phi) is 5.86. The molecular formula is C22H27N3O. The summed E-state index contributed by atoms with van der Waals surface area (Å²) in [6, 6.07) is 14.0. The van der Waals surface area contributed by atoms with E-state index in [1.807, 2.05) is 48.2 Å². The first-order chi connectivity index (χ1) is 12.6. The highest BCUT2D eigenvalue weighted by atomic mass is 16.2. The molecular weight excluding hydrogens is 322 g/mol. The highest BCUT2D eigenvalue weighted by Gasteiger charge is 2.21. The predicted octanol–water partition coefficient (Wildman–Crippen LogP) is 3.45. The zero-order valence-electron chi connectivity index (χ0n) is 15.6. The molecule has 0 fully saturated rings. The number of hydrogen-bond donors (Lipinski definition) is 1. The number of para-hydroxylation sites is 1. The van der Waals surface area contributed by atoms with E-state index in [1.54, 1.807) is 0 Å². The topological polar surface area (TPSA) is 49.6 Å². The number of aryl methyl sites for hydroxylation is 1. The van der Waals surface area contributed by atoms with Crippen LogP contribution in [0.2, 0.25) is 0 Å². The molecule has 0 aliphatic carbocycles. The van der Waals surface area contributed by atoms with E-state index in [4.69, 9.17) is 5.73 Å². The monoisotopic (exact) mass is 349 g/mol. The molecule has 1 heterocycles. The molecule has 0 spiro atoms. The Morgan fingerprint density at radius 2 is 1.96 bits per heavy atom. The average molecular weight is 349 g/mol. The Labute approximate surface area is 155 Å². The van der Waals surface area contributed by atoms with E-state index in [0.717, 1.165) is 47.5 Å². The van der Waals surface area contributed by atoms with Crippen LogP contribution in [0.25, 0.3) is 6.08 Å². The van der Waals surface area contributed by atoms with Crippen LogP contribution < -0.4 is 10.6 Å². The first-order valence-electron chi connectivity index (χ1n) is 9.15. The number of likely N-dealkylation sites (N-methyl/N-ethyl adjacent to an activating group) is 1. The van der Waals surface area contributed by atoms with Crippen LogP contribution in [0.1, 0.15) is 33.5 Å². The van der Waals surface area contributed by atoms with Gasteiger partial charge in [0.25, 0.3) is 5.91 Å². The number of amides is 1. The number of nitrogens with zero attached hydrogens (tertiary/aromatic N) is 2. The van der Waals surface area contributed by atoms with Crippen molar-refractivity contribution in [3.8, 4) is 0 Å². The summed E-state index contributed by atoms with van der Waals surface area (Å²) in [5, 5.41) is 0. The van der Waals surface area contributed by atoms with Crippen molar-refractivity contribution in [1.29, 1.82) is 0 Å². The Bertz CT molecular complexity index is 813. The van der Waals surface area contributed by atoms with Crippen molar-refractivity contribution in [2.45, 2.75) is 19.9 Å². The molecule has 0 unspecified atom stereocenters. The Morgan fingerprint density at radius 3 is 2.73 bits per heavy atom. The van der Waals surface area contributed by atoms with E-state index in [9.17, 15) is 4.79 Å². The standard InChI is InChI=1S/C22H27N3O/c1-17-15-18(16-23)10-11-20(17)22(26)25-14-6-13-24(2)12-5-8-19-7-3-4-9-21(19)25/h3-5,7-11,15H,6,12-14,16,23H2,1-2H3. The number of nitrogens with two attached hydrogens (primary N) is 1. The molecule has 26 heavy (non-hydrogen) atoms. The second-order valence-electron chi connectivity index (χ2n) is 6.89. The van der Waals surface area contributed by atoms with Crippen molar-refractivity contribution in [3.63, 3.8) is 0 Å². The lowest BCUT2D eigenvalue weighted by molar-refractivity contribution is 0.0985.